The molecule has 0 aliphatic rings. The summed E-state index contributed by atoms with van der Waals surface area (Å²) in [5.74, 6) is -0.632. The van der Waals surface area contributed by atoms with E-state index < -0.39 is 0 Å². The lowest BCUT2D eigenvalue weighted by atomic mass is 10.1. The smallest absolute Gasteiger partial charge is 0.319 e. The van der Waals surface area contributed by atoms with Gasteiger partial charge in [-0.3, -0.25) is 9.69 Å². The maximum atomic E-state index is 13.4. The number of hydrogen-bond donors (Lipinski definition) is 0. The molecule has 0 unspecified atom stereocenters. The Balaban J connectivity index is 2.74. The summed E-state index contributed by atoms with van der Waals surface area (Å²) in [7, 11) is 3.07. The Morgan fingerprint density at radius 2 is 2.18 bits per heavy atom. The number of nitrogens with zero attached hydrogens (tertiary/aromatic N) is 1. The summed E-state index contributed by atoms with van der Waals surface area (Å²) >= 11 is 6.01. The molecule has 3 nitrogen and oxygen atoms in total. The molecule has 0 bridgehead atoms. The molecule has 0 aliphatic carbocycles. The normalized spacial score (nSPS) is 10.7. The van der Waals surface area contributed by atoms with Gasteiger partial charge in [0.25, 0.3) is 0 Å². The minimum absolute atomic E-state index is 0.141. The van der Waals surface area contributed by atoms with Gasteiger partial charge in [0, 0.05) is 11.6 Å². The molecule has 0 saturated heterocycles. The molecule has 0 radical (unpaired) electrons. The van der Waals surface area contributed by atoms with Gasteiger partial charge in [-0.15, -0.1) is 0 Å². The number of benzene rings is 1. The average molecular weight is 260 g/mol. The Hall–Kier alpha value is -1.13. The van der Waals surface area contributed by atoms with E-state index in [1.807, 2.05) is 0 Å². The largest absolute Gasteiger partial charge is 0.468 e. The van der Waals surface area contributed by atoms with Crippen molar-refractivity contribution >= 4 is 17.6 Å². The topological polar surface area (TPSA) is 29.5 Å². The Bertz CT molecular complexity index is 423. The summed E-state index contributed by atoms with van der Waals surface area (Å²) in [6.45, 7) is 2.19. The fourth-order valence-corrected chi connectivity index (χ4v) is 1.72. The summed E-state index contributed by atoms with van der Waals surface area (Å²) in [6.07, 6.45) is 0. The number of aryl methyl sites for hydroxylation is 1. The molecule has 0 N–H and O–H groups in total. The second kappa shape index (κ2) is 5.98. The van der Waals surface area contributed by atoms with Crippen molar-refractivity contribution < 1.29 is 13.9 Å². The van der Waals surface area contributed by atoms with Crippen molar-refractivity contribution in [1.82, 2.24) is 4.90 Å². The molecule has 1 rings (SSSR count). The van der Waals surface area contributed by atoms with Gasteiger partial charge in [-0.2, -0.15) is 0 Å². The highest BCUT2D eigenvalue weighted by Crippen LogP contribution is 2.21. The number of esters is 1. The highest BCUT2D eigenvalue weighted by molar-refractivity contribution is 6.31. The molecule has 5 heteroatoms. The summed E-state index contributed by atoms with van der Waals surface area (Å²) < 4.78 is 17.9. The molecule has 94 valence electrons. The molecule has 0 aliphatic heterocycles. The number of likely N-dealkylation sites (N-methyl/N-ethyl adjacent to an activating group) is 1. The molecular weight excluding hydrogens is 245 g/mol. The van der Waals surface area contributed by atoms with Gasteiger partial charge in [-0.25, -0.2) is 4.39 Å². The van der Waals surface area contributed by atoms with Crippen LogP contribution in [0, 0.1) is 12.7 Å². The molecule has 0 atom stereocenters. The van der Waals surface area contributed by atoms with Crippen LogP contribution in [-0.4, -0.2) is 31.6 Å². The molecule has 0 fully saturated rings. The van der Waals surface area contributed by atoms with Gasteiger partial charge >= 0.3 is 5.97 Å². The Morgan fingerprint density at radius 3 is 2.76 bits per heavy atom. The van der Waals surface area contributed by atoms with E-state index in [1.165, 1.54) is 13.2 Å². The van der Waals surface area contributed by atoms with Crippen molar-refractivity contribution in [3.8, 4) is 0 Å². The molecule has 1 aromatic carbocycles. The minimum atomic E-state index is -0.337. The van der Waals surface area contributed by atoms with Crippen LogP contribution in [0.25, 0.3) is 0 Å². The average Bonchev–Trinajstić information content (AvgIpc) is 2.25. The quantitative estimate of drug-likeness (QED) is 0.778. The fourth-order valence-electron chi connectivity index (χ4n) is 1.44. The third-order valence-corrected chi connectivity index (χ3v) is 2.75. The van der Waals surface area contributed by atoms with Gasteiger partial charge in [0.05, 0.1) is 13.7 Å². The van der Waals surface area contributed by atoms with E-state index in [-0.39, 0.29) is 18.3 Å². The van der Waals surface area contributed by atoms with Gasteiger partial charge in [-0.05, 0) is 37.2 Å². The number of carbonyl (C=O) groups excluding carboxylic acids is 1. The van der Waals surface area contributed by atoms with Crippen LogP contribution >= 0.6 is 11.6 Å². The van der Waals surface area contributed by atoms with Gasteiger partial charge in [0.2, 0.25) is 0 Å². The van der Waals surface area contributed by atoms with E-state index >= 15 is 0 Å². The van der Waals surface area contributed by atoms with Crippen LogP contribution in [0.15, 0.2) is 12.1 Å². The maximum absolute atomic E-state index is 13.4. The first-order valence-corrected chi connectivity index (χ1v) is 5.51. The van der Waals surface area contributed by atoms with E-state index in [2.05, 4.69) is 4.74 Å². The van der Waals surface area contributed by atoms with E-state index in [9.17, 15) is 9.18 Å². The molecule has 0 spiro atoms. The molecule has 0 saturated carbocycles. The highest BCUT2D eigenvalue weighted by atomic mass is 35.5. The zero-order valence-electron chi connectivity index (χ0n) is 10.1. The molecule has 17 heavy (non-hydrogen) atoms. The van der Waals surface area contributed by atoms with Crippen LogP contribution in [-0.2, 0) is 16.1 Å². The lowest BCUT2D eigenvalue weighted by Crippen LogP contribution is -2.26. The lowest BCUT2D eigenvalue weighted by Gasteiger charge is -2.16. The Kier molecular flexibility index (Phi) is 4.90. The van der Waals surface area contributed by atoms with Crippen LogP contribution in [0.1, 0.15) is 11.1 Å². The summed E-state index contributed by atoms with van der Waals surface area (Å²) in [6, 6.07) is 2.98. The minimum Gasteiger partial charge on any atom is -0.468 e. The van der Waals surface area contributed by atoms with Gasteiger partial charge in [0.1, 0.15) is 5.82 Å². The number of ether oxygens (including phenoxy) is 1. The SMILES string of the molecule is COC(=O)CN(C)Cc1cc(F)c(C)cc1Cl. The number of hydrogen-bond acceptors (Lipinski definition) is 3. The number of halogens is 2. The Morgan fingerprint density at radius 1 is 1.53 bits per heavy atom. The van der Waals surface area contributed by atoms with Crippen LogP contribution < -0.4 is 0 Å². The van der Waals surface area contributed by atoms with E-state index in [4.69, 9.17) is 11.6 Å². The highest BCUT2D eigenvalue weighted by Gasteiger charge is 2.11. The summed E-state index contributed by atoms with van der Waals surface area (Å²) in [5.41, 5.74) is 1.16. The molecule has 0 heterocycles. The first kappa shape index (κ1) is 13.9. The summed E-state index contributed by atoms with van der Waals surface area (Å²) in [4.78, 5) is 12.8. The molecule has 0 aromatic heterocycles. The third-order valence-electron chi connectivity index (χ3n) is 2.39. The lowest BCUT2D eigenvalue weighted by molar-refractivity contribution is -0.141. The standard InChI is InChI=1S/C12H15ClFNO2/c1-8-4-10(13)9(5-11(8)14)6-15(2)7-12(16)17-3/h4-5H,6-7H2,1-3H3. The van der Waals surface area contributed by atoms with Gasteiger partial charge in [0.15, 0.2) is 0 Å². The van der Waals surface area contributed by atoms with Crippen molar-refractivity contribution in [3.63, 3.8) is 0 Å². The maximum Gasteiger partial charge on any atom is 0.319 e. The van der Waals surface area contributed by atoms with E-state index in [0.717, 1.165) is 0 Å². The summed E-state index contributed by atoms with van der Waals surface area (Å²) in [5, 5.41) is 0.501. The number of rotatable bonds is 4. The predicted octanol–water partition coefficient (Wildman–Crippen LogP) is 2.39. The zero-order chi connectivity index (χ0) is 13.0. The second-order valence-electron chi connectivity index (χ2n) is 3.94. The van der Waals surface area contributed by atoms with Crippen molar-refractivity contribution in [2.24, 2.45) is 0 Å². The molecule has 0 amide bonds. The van der Waals surface area contributed by atoms with Crippen LogP contribution in [0.3, 0.4) is 0 Å². The second-order valence-corrected chi connectivity index (χ2v) is 4.35. The zero-order valence-corrected chi connectivity index (χ0v) is 10.8. The first-order chi connectivity index (χ1) is 7.93. The predicted molar refractivity (Wildman–Crippen MR) is 64.5 cm³/mol. The number of methoxy groups -OCH3 is 1. The van der Waals surface area contributed by atoms with Crippen LogP contribution in [0.2, 0.25) is 5.02 Å². The van der Waals surface area contributed by atoms with Crippen LogP contribution in [0.5, 0.6) is 0 Å². The van der Waals surface area contributed by atoms with E-state index in [0.29, 0.717) is 22.7 Å². The van der Waals surface area contributed by atoms with Crippen LogP contribution in [0.4, 0.5) is 4.39 Å². The van der Waals surface area contributed by atoms with Crippen molar-refractivity contribution in [2.45, 2.75) is 13.5 Å². The number of carbonyl (C=O) groups is 1. The van der Waals surface area contributed by atoms with Crippen molar-refractivity contribution in [3.05, 3.63) is 34.1 Å². The van der Waals surface area contributed by atoms with E-state index in [1.54, 1.807) is 24.9 Å². The monoisotopic (exact) mass is 259 g/mol. The van der Waals surface area contributed by atoms with Gasteiger partial charge < -0.3 is 4.74 Å². The third kappa shape index (κ3) is 3.98. The fraction of sp³-hybridized carbons (Fsp3) is 0.417. The molecule has 1 aromatic rings. The van der Waals surface area contributed by atoms with Crippen molar-refractivity contribution in [2.75, 3.05) is 20.7 Å². The first-order valence-electron chi connectivity index (χ1n) is 5.14. The molecular formula is C12H15ClFNO2. The van der Waals surface area contributed by atoms with Gasteiger partial charge in [-0.1, -0.05) is 11.6 Å². The Labute approximate surface area is 105 Å². The van der Waals surface area contributed by atoms with Crippen molar-refractivity contribution in [1.29, 1.82) is 0 Å².